The molecule has 0 bridgehead atoms. The predicted octanol–water partition coefficient (Wildman–Crippen LogP) is 3.00. The van der Waals surface area contributed by atoms with Crippen LogP contribution in [0.1, 0.15) is 41.2 Å². The third kappa shape index (κ3) is 2.35. The van der Waals surface area contributed by atoms with Gasteiger partial charge in [0.2, 0.25) is 5.78 Å². The molecule has 0 fully saturated rings. The lowest BCUT2D eigenvalue weighted by molar-refractivity contribution is 0.102. The molecule has 0 saturated carbocycles. The number of carbonyl (C=O) groups excluding carboxylic acids is 1. The Morgan fingerprint density at radius 2 is 1.89 bits per heavy atom. The van der Waals surface area contributed by atoms with Gasteiger partial charge in [-0.25, -0.2) is 0 Å². The summed E-state index contributed by atoms with van der Waals surface area (Å²) in [4.78, 5) is 12.4. The number of carbonyl (C=O) groups is 1. The maximum atomic E-state index is 12.4. The lowest BCUT2D eigenvalue weighted by Crippen LogP contribution is -2.10. The normalized spacial score (nSPS) is 10.6. The minimum absolute atomic E-state index is 0.0418. The molecule has 0 aliphatic heterocycles. The Labute approximate surface area is 107 Å². The maximum absolute atomic E-state index is 12.4. The van der Waals surface area contributed by atoms with Gasteiger partial charge in [-0.05, 0) is 31.9 Å². The number of benzene rings is 1. The maximum Gasteiger partial charge on any atom is 0.211 e. The summed E-state index contributed by atoms with van der Waals surface area (Å²) in [5.41, 5.74) is 3.51. The Morgan fingerprint density at radius 3 is 2.44 bits per heavy atom. The van der Waals surface area contributed by atoms with Crippen LogP contribution in [0.3, 0.4) is 0 Å². The first kappa shape index (κ1) is 12.6. The van der Waals surface area contributed by atoms with Gasteiger partial charge in [-0.15, -0.1) is 0 Å². The van der Waals surface area contributed by atoms with Gasteiger partial charge >= 0.3 is 0 Å². The molecular formula is C15H18N2O. The average Bonchev–Trinajstić information content (AvgIpc) is 2.79. The van der Waals surface area contributed by atoms with Crippen LogP contribution in [0.5, 0.6) is 0 Å². The summed E-state index contributed by atoms with van der Waals surface area (Å²) in [5, 5.41) is 4.31. The van der Waals surface area contributed by atoms with Gasteiger partial charge < -0.3 is 0 Å². The molecule has 0 amide bonds. The zero-order chi connectivity index (χ0) is 13.1. The van der Waals surface area contributed by atoms with Crippen molar-refractivity contribution in [1.82, 2.24) is 9.78 Å². The number of aryl methyl sites for hydroxylation is 3. The predicted molar refractivity (Wildman–Crippen MR) is 71.9 cm³/mol. The van der Waals surface area contributed by atoms with Crippen LogP contribution in [-0.4, -0.2) is 15.6 Å². The first-order valence-corrected chi connectivity index (χ1v) is 6.33. The van der Waals surface area contributed by atoms with Crippen molar-refractivity contribution < 1.29 is 4.79 Å². The van der Waals surface area contributed by atoms with Crippen molar-refractivity contribution in [2.45, 2.75) is 33.7 Å². The third-order valence-electron chi connectivity index (χ3n) is 3.06. The smallest absolute Gasteiger partial charge is 0.211 e. The van der Waals surface area contributed by atoms with E-state index in [1.54, 1.807) is 4.68 Å². The number of nitrogens with zero attached hydrogens (tertiary/aromatic N) is 2. The summed E-state index contributed by atoms with van der Waals surface area (Å²) in [6.07, 6.45) is 0.987. The summed E-state index contributed by atoms with van der Waals surface area (Å²) in [5.74, 6) is 0.0418. The second-order valence-electron chi connectivity index (χ2n) is 4.37. The number of rotatable bonds is 4. The molecule has 0 atom stereocenters. The van der Waals surface area contributed by atoms with E-state index in [1.165, 1.54) is 5.56 Å². The molecule has 2 rings (SSSR count). The summed E-state index contributed by atoms with van der Waals surface area (Å²) in [6, 6.07) is 9.64. The third-order valence-corrected chi connectivity index (χ3v) is 3.06. The van der Waals surface area contributed by atoms with E-state index in [4.69, 9.17) is 0 Å². The Balaban J connectivity index is 2.34. The van der Waals surface area contributed by atoms with Gasteiger partial charge in [0, 0.05) is 12.1 Å². The van der Waals surface area contributed by atoms with Crippen molar-refractivity contribution in [2.75, 3.05) is 0 Å². The van der Waals surface area contributed by atoms with Gasteiger partial charge in [0.1, 0.15) is 5.69 Å². The first-order chi connectivity index (χ1) is 8.65. The fourth-order valence-corrected chi connectivity index (χ4v) is 2.01. The van der Waals surface area contributed by atoms with Gasteiger partial charge in [0.15, 0.2) is 0 Å². The zero-order valence-corrected chi connectivity index (χ0v) is 11.1. The van der Waals surface area contributed by atoms with Gasteiger partial charge in [-0.1, -0.05) is 31.2 Å². The second-order valence-corrected chi connectivity index (χ2v) is 4.37. The SMILES string of the molecule is CCc1ccc(C(=O)c2cc(C)nn2CC)cc1. The monoisotopic (exact) mass is 242 g/mol. The van der Waals surface area contributed by atoms with Crippen molar-refractivity contribution in [3.05, 3.63) is 52.8 Å². The van der Waals surface area contributed by atoms with Crippen molar-refractivity contribution in [1.29, 1.82) is 0 Å². The molecule has 0 N–H and O–H groups in total. The minimum Gasteiger partial charge on any atom is -0.287 e. The molecule has 0 saturated heterocycles. The zero-order valence-electron chi connectivity index (χ0n) is 11.1. The topological polar surface area (TPSA) is 34.9 Å². The highest BCUT2D eigenvalue weighted by Crippen LogP contribution is 2.13. The largest absolute Gasteiger partial charge is 0.287 e. The number of hydrogen-bond acceptors (Lipinski definition) is 2. The second kappa shape index (κ2) is 5.17. The van der Waals surface area contributed by atoms with E-state index in [2.05, 4.69) is 12.0 Å². The van der Waals surface area contributed by atoms with Crippen LogP contribution in [0.25, 0.3) is 0 Å². The van der Waals surface area contributed by atoms with Gasteiger partial charge in [0.25, 0.3) is 0 Å². The highest BCUT2D eigenvalue weighted by Gasteiger charge is 2.14. The van der Waals surface area contributed by atoms with Gasteiger partial charge in [-0.2, -0.15) is 5.10 Å². The summed E-state index contributed by atoms with van der Waals surface area (Å²) < 4.78 is 1.76. The van der Waals surface area contributed by atoms with Crippen LogP contribution in [-0.2, 0) is 13.0 Å². The Bertz CT molecular complexity index is 552. The first-order valence-electron chi connectivity index (χ1n) is 6.33. The molecular weight excluding hydrogens is 224 g/mol. The van der Waals surface area contributed by atoms with E-state index in [-0.39, 0.29) is 5.78 Å². The Hall–Kier alpha value is -1.90. The minimum atomic E-state index is 0.0418. The van der Waals surface area contributed by atoms with Crippen LogP contribution in [0.2, 0.25) is 0 Å². The molecule has 3 heteroatoms. The highest BCUT2D eigenvalue weighted by atomic mass is 16.1. The molecule has 0 aliphatic carbocycles. The van der Waals surface area contributed by atoms with Gasteiger partial charge in [-0.3, -0.25) is 9.48 Å². The summed E-state index contributed by atoms with van der Waals surface area (Å²) >= 11 is 0. The molecule has 18 heavy (non-hydrogen) atoms. The molecule has 94 valence electrons. The summed E-state index contributed by atoms with van der Waals surface area (Å²) in [6.45, 7) is 6.71. The highest BCUT2D eigenvalue weighted by molar-refractivity contribution is 6.07. The van der Waals surface area contributed by atoms with Crippen LogP contribution in [0.4, 0.5) is 0 Å². The lowest BCUT2D eigenvalue weighted by Gasteiger charge is -2.04. The lowest BCUT2D eigenvalue weighted by atomic mass is 10.0. The fourth-order valence-electron chi connectivity index (χ4n) is 2.01. The fraction of sp³-hybridized carbons (Fsp3) is 0.333. The molecule has 1 aromatic heterocycles. The quantitative estimate of drug-likeness (QED) is 0.772. The molecule has 0 spiro atoms. The molecule has 1 heterocycles. The Morgan fingerprint density at radius 1 is 1.22 bits per heavy atom. The number of hydrogen-bond donors (Lipinski definition) is 0. The van der Waals surface area contributed by atoms with Crippen molar-refractivity contribution in [3.63, 3.8) is 0 Å². The Kier molecular flexibility index (Phi) is 3.60. The van der Waals surface area contributed by atoms with Crippen molar-refractivity contribution in [3.8, 4) is 0 Å². The van der Waals surface area contributed by atoms with E-state index in [1.807, 2.05) is 44.2 Å². The number of ketones is 1. The van der Waals surface area contributed by atoms with Crippen LogP contribution in [0.15, 0.2) is 30.3 Å². The van der Waals surface area contributed by atoms with E-state index in [9.17, 15) is 4.79 Å². The number of aromatic nitrogens is 2. The molecule has 0 unspecified atom stereocenters. The van der Waals surface area contributed by atoms with E-state index in [0.717, 1.165) is 17.7 Å². The van der Waals surface area contributed by atoms with E-state index in [0.29, 0.717) is 12.2 Å². The van der Waals surface area contributed by atoms with Crippen molar-refractivity contribution in [2.24, 2.45) is 0 Å². The van der Waals surface area contributed by atoms with Gasteiger partial charge in [0.05, 0.1) is 5.69 Å². The van der Waals surface area contributed by atoms with E-state index < -0.39 is 0 Å². The average molecular weight is 242 g/mol. The standard InChI is InChI=1S/C15H18N2O/c1-4-12-6-8-13(9-7-12)15(18)14-10-11(3)16-17(14)5-2/h6-10H,4-5H2,1-3H3. The molecule has 0 aliphatic rings. The van der Waals surface area contributed by atoms with Crippen LogP contribution in [0, 0.1) is 6.92 Å². The molecule has 3 nitrogen and oxygen atoms in total. The summed E-state index contributed by atoms with van der Waals surface area (Å²) in [7, 11) is 0. The van der Waals surface area contributed by atoms with E-state index >= 15 is 0 Å². The van der Waals surface area contributed by atoms with Crippen LogP contribution >= 0.6 is 0 Å². The molecule has 0 radical (unpaired) electrons. The molecule has 1 aromatic carbocycles. The van der Waals surface area contributed by atoms with Crippen molar-refractivity contribution >= 4 is 5.78 Å². The molecule has 2 aromatic rings. The van der Waals surface area contributed by atoms with Crippen LogP contribution < -0.4 is 0 Å².